The molecule has 0 unspecified atom stereocenters. The summed E-state index contributed by atoms with van der Waals surface area (Å²) in [6.45, 7) is 3.94. The zero-order valence-corrected chi connectivity index (χ0v) is 17.5. The molecule has 0 radical (unpaired) electrons. The molecule has 1 fully saturated rings. The molecule has 3 N–H and O–H groups in total. The number of rotatable bonds is 14. The first-order chi connectivity index (χ1) is 13.0. The molecule has 0 aromatic heterocycles. The molecule has 0 aliphatic heterocycles. The van der Waals surface area contributed by atoms with Gasteiger partial charge in [-0.1, -0.05) is 69.6 Å². The molecule has 1 rings (SSSR count). The Bertz CT molecular complexity index is 451. The van der Waals surface area contributed by atoms with E-state index in [9.17, 15) is 10.2 Å². The molecular weight excluding hydrogens is 336 g/mol. The van der Waals surface area contributed by atoms with Crippen LogP contribution in [0.5, 0.6) is 0 Å². The van der Waals surface area contributed by atoms with Gasteiger partial charge in [-0.25, -0.2) is 0 Å². The number of unbranched alkanes of at least 4 members (excludes halogenated alkanes) is 3. The molecule has 156 valence electrons. The maximum atomic E-state index is 9.35. The van der Waals surface area contributed by atoms with E-state index >= 15 is 0 Å². The van der Waals surface area contributed by atoms with Gasteiger partial charge in [0.15, 0.2) is 5.79 Å². The quantitative estimate of drug-likeness (QED) is 0.212. The van der Waals surface area contributed by atoms with E-state index in [2.05, 4.69) is 50.3 Å². The van der Waals surface area contributed by atoms with Crippen molar-refractivity contribution in [2.75, 3.05) is 6.61 Å². The van der Waals surface area contributed by atoms with Crippen LogP contribution in [-0.4, -0.2) is 27.7 Å². The highest BCUT2D eigenvalue weighted by atomic mass is 16.5. The van der Waals surface area contributed by atoms with E-state index in [-0.39, 0.29) is 6.42 Å². The van der Waals surface area contributed by atoms with Crippen molar-refractivity contribution in [3.63, 3.8) is 0 Å². The monoisotopic (exact) mass is 378 g/mol. The summed E-state index contributed by atoms with van der Waals surface area (Å²) >= 11 is 0. The lowest BCUT2D eigenvalue weighted by Crippen LogP contribution is -2.32. The Morgan fingerprint density at radius 3 is 2.56 bits per heavy atom. The van der Waals surface area contributed by atoms with Gasteiger partial charge in [0.1, 0.15) is 0 Å². The number of aliphatic hydroxyl groups excluding tert-OH is 1. The second-order valence-electron chi connectivity index (χ2n) is 8.31. The molecule has 0 amide bonds. The van der Waals surface area contributed by atoms with Crippen LogP contribution in [0.25, 0.3) is 0 Å². The molecule has 27 heavy (non-hydrogen) atoms. The fourth-order valence-corrected chi connectivity index (χ4v) is 3.78. The van der Waals surface area contributed by atoms with Crippen LogP contribution < -0.4 is 0 Å². The molecule has 0 heterocycles. The van der Waals surface area contributed by atoms with Crippen molar-refractivity contribution in [2.45, 2.75) is 90.3 Å². The van der Waals surface area contributed by atoms with Crippen molar-refractivity contribution in [1.29, 1.82) is 0 Å². The van der Waals surface area contributed by atoms with Gasteiger partial charge >= 0.3 is 0 Å². The number of aliphatic hydroxyl groups is 3. The van der Waals surface area contributed by atoms with Crippen LogP contribution in [0.1, 0.15) is 84.5 Å². The largest absolute Gasteiger partial charge is 0.391 e. The molecule has 0 spiro atoms. The average Bonchev–Trinajstić information content (AvgIpc) is 3.09. The maximum absolute atomic E-state index is 9.35. The minimum absolute atomic E-state index is 0.216. The summed E-state index contributed by atoms with van der Waals surface area (Å²) < 4.78 is 0. The number of hydrogen-bond donors (Lipinski definition) is 3. The molecule has 1 aliphatic carbocycles. The summed E-state index contributed by atoms with van der Waals surface area (Å²) in [5.41, 5.74) is 0. The van der Waals surface area contributed by atoms with E-state index < -0.39 is 12.4 Å². The molecular formula is C24H42O3. The lowest BCUT2D eigenvalue weighted by Gasteiger charge is -2.17. The first kappa shape index (κ1) is 24.1. The van der Waals surface area contributed by atoms with Gasteiger partial charge in [-0.15, -0.1) is 0 Å². The van der Waals surface area contributed by atoms with Gasteiger partial charge in [0.25, 0.3) is 0 Å². The topological polar surface area (TPSA) is 60.7 Å². The maximum Gasteiger partial charge on any atom is 0.186 e. The first-order valence-corrected chi connectivity index (χ1v) is 11.0. The van der Waals surface area contributed by atoms with Crippen LogP contribution in [0, 0.1) is 17.8 Å². The van der Waals surface area contributed by atoms with Gasteiger partial charge in [-0.05, 0) is 62.7 Å². The Balaban J connectivity index is 2.24. The smallest absolute Gasteiger partial charge is 0.186 e. The van der Waals surface area contributed by atoms with E-state index in [4.69, 9.17) is 5.11 Å². The molecule has 0 aromatic rings. The van der Waals surface area contributed by atoms with Gasteiger partial charge in [-0.2, -0.15) is 0 Å². The summed E-state index contributed by atoms with van der Waals surface area (Å²) in [5, 5.41) is 27.5. The van der Waals surface area contributed by atoms with Crippen molar-refractivity contribution in [2.24, 2.45) is 17.8 Å². The third-order valence-corrected chi connectivity index (χ3v) is 5.60. The Hall–Kier alpha value is -0.900. The predicted molar refractivity (Wildman–Crippen MR) is 114 cm³/mol. The Morgan fingerprint density at radius 1 is 1.04 bits per heavy atom. The van der Waals surface area contributed by atoms with E-state index in [1.54, 1.807) is 0 Å². The standard InChI is InChI=1S/C24H42O3/c1-3-4-5-8-13-21(2)14-11-16-23-18-12-17-22(23)15-9-6-7-10-19-24(26,27)20-25/h6,8-9,11,13,16,21-23,25-27H,3-5,7,10,12,14-15,17-20H2,1-2H3/b9-6-,13-8+,16-11+/t21-,22+,23+/m1/s1. The van der Waals surface area contributed by atoms with Crippen LogP contribution in [0.2, 0.25) is 0 Å². The summed E-state index contributed by atoms with van der Waals surface area (Å²) in [4.78, 5) is 0. The summed E-state index contributed by atoms with van der Waals surface area (Å²) in [6.07, 6.45) is 25.6. The van der Waals surface area contributed by atoms with Crippen LogP contribution in [0.4, 0.5) is 0 Å². The average molecular weight is 379 g/mol. The summed E-state index contributed by atoms with van der Waals surface area (Å²) in [6, 6.07) is 0. The Labute approximate surface area is 166 Å². The highest BCUT2D eigenvalue weighted by molar-refractivity contribution is 5.00. The van der Waals surface area contributed by atoms with Crippen LogP contribution in [0.3, 0.4) is 0 Å². The van der Waals surface area contributed by atoms with Crippen molar-refractivity contribution >= 4 is 0 Å². The Kier molecular flexibility index (Phi) is 12.6. The van der Waals surface area contributed by atoms with Crippen LogP contribution >= 0.6 is 0 Å². The molecule has 0 bridgehead atoms. The van der Waals surface area contributed by atoms with Gasteiger partial charge < -0.3 is 15.3 Å². The molecule has 1 saturated carbocycles. The fraction of sp³-hybridized carbons (Fsp3) is 0.750. The highest BCUT2D eigenvalue weighted by Gasteiger charge is 2.24. The minimum Gasteiger partial charge on any atom is -0.391 e. The lowest BCUT2D eigenvalue weighted by molar-refractivity contribution is -0.191. The third-order valence-electron chi connectivity index (χ3n) is 5.60. The zero-order valence-electron chi connectivity index (χ0n) is 17.5. The van der Waals surface area contributed by atoms with Crippen molar-refractivity contribution in [1.82, 2.24) is 0 Å². The molecule has 1 aliphatic rings. The summed E-state index contributed by atoms with van der Waals surface area (Å²) in [7, 11) is 0. The summed E-state index contributed by atoms with van der Waals surface area (Å²) in [5.74, 6) is 0.169. The second-order valence-corrected chi connectivity index (χ2v) is 8.31. The van der Waals surface area contributed by atoms with E-state index in [1.165, 1.54) is 38.5 Å². The van der Waals surface area contributed by atoms with Crippen LogP contribution in [-0.2, 0) is 0 Å². The highest BCUT2D eigenvalue weighted by Crippen LogP contribution is 2.35. The van der Waals surface area contributed by atoms with E-state index in [1.807, 2.05) is 0 Å². The molecule has 3 nitrogen and oxygen atoms in total. The van der Waals surface area contributed by atoms with Gasteiger partial charge in [-0.3, -0.25) is 0 Å². The lowest BCUT2D eigenvalue weighted by atomic mass is 9.91. The second kappa shape index (κ2) is 14.1. The zero-order chi connectivity index (χ0) is 20.0. The molecule has 3 atom stereocenters. The number of allylic oxidation sites excluding steroid dienone is 6. The first-order valence-electron chi connectivity index (χ1n) is 11.0. The van der Waals surface area contributed by atoms with Gasteiger partial charge in [0, 0.05) is 6.42 Å². The van der Waals surface area contributed by atoms with E-state index in [0.717, 1.165) is 25.2 Å². The predicted octanol–water partition coefficient (Wildman–Crippen LogP) is 5.52. The molecule has 3 heteroatoms. The van der Waals surface area contributed by atoms with Gasteiger partial charge in [0.05, 0.1) is 6.61 Å². The molecule has 0 saturated heterocycles. The third kappa shape index (κ3) is 11.5. The fourth-order valence-electron chi connectivity index (χ4n) is 3.78. The van der Waals surface area contributed by atoms with Crippen LogP contribution in [0.15, 0.2) is 36.5 Å². The van der Waals surface area contributed by atoms with Gasteiger partial charge in [0.2, 0.25) is 0 Å². The SMILES string of the molecule is CCCC/C=C/[C@@H](C)C/C=C/[C@H]1CCC[C@@H]1C/C=C\CCCC(O)(O)CO. The normalized spacial score (nSPS) is 22.6. The molecule has 0 aromatic carbocycles. The van der Waals surface area contributed by atoms with Crippen molar-refractivity contribution in [3.8, 4) is 0 Å². The van der Waals surface area contributed by atoms with E-state index in [0.29, 0.717) is 18.3 Å². The van der Waals surface area contributed by atoms with Crippen molar-refractivity contribution in [3.05, 3.63) is 36.5 Å². The number of hydrogen-bond acceptors (Lipinski definition) is 3. The minimum atomic E-state index is -1.92. The Morgan fingerprint density at radius 2 is 1.81 bits per heavy atom. The van der Waals surface area contributed by atoms with Crippen molar-refractivity contribution < 1.29 is 15.3 Å².